The molecular weight excluding hydrogens is 227 g/mol. The Morgan fingerprint density at radius 1 is 1.00 bits per heavy atom. The average molecular weight is 242 g/mol. The van der Waals surface area contributed by atoms with E-state index in [1.165, 1.54) is 17.7 Å². The summed E-state index contributed by atoms with van der Waals surface area (Å²) >= 11 is 0. The van der Waals surface area contributed by atoms with Gasteiger partial charge < -0.3 is 0 Å². The van der Waals surface area contributed by atoms with Crippen LogP contribution in [0.1, 0.15) is 28.8 Å². The van der Waals surface area contributed by atoms with Crippen molar-refractivity contribution in [1.82, 2.24) is 0 Å². The van der Waals surface area contributed by atoms with Gasteiger partial charge in [0.15, 0.2) is 5.78 Å². The van der Waals surface area contributed by atoms with Gasteiger partial charge in [0.1, 0.15) is 5.82 Å². The van der Waals surface area contributed by atoms with Crippen molar-refractivity contribution < 1.29 is 9.18 Å². The van der Waals surface area contributed by atoms with Crippen molar-refractivity contribution in [1.29, 1.82) is 0 Å². The number of ketones is 1. The smallest absolute Gasteiger partial charge is 0.162 e. The van der Waals surface area contributed by atoms with Gasteiger partial charge in [-0.3, -0.25) is 4.79 Å². The molecule has 2 aromatic rings. The molecule has 0 amide bonds. The summed E-state index contributed by atoms with van der Waals surface area (Å²) in [6.45, 7) is 0. The van der Waals surface area contributed by atoms with Gasteiger partial charge in [0.25, 0.3) is 0 Å². The molecule has 0 fully saturated rings. The van der Waals surface area contributed by atoms with E-state index in [-0.39, 0.29) is 11.6 Å². The van der Waals surface area contributed by atoms with E-state index < -0.39 is 0 Å². The summed E-state index contributed by atoms with van der Waals surface area (Å²) in [5.41, 5.74) is 1.69. The molecule has 92 valence electrons. The molecule has 2 heteroatoms. The Hall–Kier alpha value is -1.96. The maximum atomic E-state index is 13.0. The fraction of sp³-hybridized carbons (Fsp3) is 0.188. The van der Waals surface area contributed by atoms with E-state index in [0.29, 0.717) is 12.0 Å². The molecule has 1 nitrogen and oxygen atoms in total. The van der Waals surface area contributed by atoms with Crippen molar-refractivity contribution in [3.63, 3.8) is 0 Å². The molecule has 0 aliphatic carbocycles. The fourth-order valence-electron chi connectivity index (χ4n) is 1.90. The minimum absolute atomic E-state index is 0.00503. The van der Waals surface area contributed by atoms with Gasteiger partial charge in [0.2, 0.25) is 0 Å². The van der Waals surface area contributed by atoms with Gasteiger partial charge in [0.05, 0.1) is 0 Å². The molecule has 0 saturated carbocycles. The highest BCUT2D eigenvalue weighted by molar-refractivity contribution is 5.95. The minimum atomic E-state index is -0.357. The van der Waals surface area contributed by atoms with Crippen LogP contribution >= 0.6 is 0 Å². The number of halogens is 1. The third-order valence-electron chi connectivity index (χ3n) is 2.86. The quantitative estimate of drug-likeness (QED) is 0.723. The lowest BCUT2D eigenvalue weighted by molar-refractivity contribution is 0.0980. The van der Waals surface area contributed by atoms with Crippen LogP contribution in [0.15, 0.2) is 54.6 Å². The van der Waals surface area contributed by atoms with E-state index in [1.54, 1.807) is 12.1 Å². The summed E-state index contributed by atoms with van der Waals surface area (Å²) in [7, 11) is 0. The van der Waals surface area contributed by atoms with Crippen LogP contribution in [0.3, 0.4) is 0 Å². The second-order valence-electron chi connectivity index (χ2n) is 4.27. The maximum Gasteiger partial charge on any atom is 0.162 e. The Bertz CT molecular complexity index is 520. The number of aryl methyl sites for hydroxylation is 1. The number of carbonyl (C=O) groups excluding carboxylic acids is 1. The number of hydrogen-bond donors (Lipinski definition) is 0. The largest absolute Gasteiger partial charge is 0.294 e. The van der Waals surface area contributed by atoms with Crippen LogP contribution in [0, 0.1) is 5.82 Å². The molecule has 0 aromatic heterocycles. The van der Waals surface area contributed by atoms with Crippen LogP contribution in [0.4, 0.5) is 4.39 Å². The van der Waals surface area contributed by atoms with Crippen LogP contribution in [0.5, 0.6) is 0 Å². The highest BCUT2D eigenvalue weighted by atomic mass is 19.1. The zero-order chi connectivity index (χ0) is 12.8. The lowest BCUT2D eigenvalue weighted by Gasteiger charge is -2.02. The Morgan fingerprint density at radius 3 is 2.50 bits per heavy atom. The van der Waals surface area contributed by atoms with Crippen molar-refractivity contribution in [3.05, 3.63) is 71.5 Å². The summed E-state index contributed by atoms with van der Waals surface area (Å²) in [6.07, 6.45) is 2.12. The Kier molecular flexibility index (Phi) is 4.24. The molecule has 0 saturated heterocycles. The van der Waals surface area contributed by atoms with Crippen molar-refractivity contribution in [2.45, 2.75) is 19.3 Å². The molecule has 0 N–H and O–H groups in total. The molecule has 0 unspecified atom stereocenters. The number of Topliss-reactive ketones (excluding diaryl/α,β-unsaturated/α-hetero) is 1. The topological polar surface area (TPSA) is 17.1 Å². The average Bonchev–Trinajstić information content (AvgIpc) is 2.40. The van der Waals surface area contributed by atoms with Crippen molar-refractivity contribution >= 4 is 5.78 Å². The predicted octanol–water partition coefficient (Wildman–Crippen LogP) is 4.03. The van der Waals surface area contributed by atoms with Crippen LogP contribution in [0.25, 0.3) is 0 Å². The standard InChI is InChI=1S/C16H15FO/c17-15-10-5-9-14(12-15)16(18)11-4-8-13-6-2-1-3-7-13/h1-3,5-7,9-10,12H,4,8,11H2. The molecular formula is C16H15FO. The van der Waals surface area contributed by atoms with Gasteiger partial charge in [-0.25, -0.2) is 4.39 Å². The van der Waals surface area contributed by atoms with Gasteiger partial charge in [-0.05, 0) is 30.5 Å². The van der Waals surface area contributed by atoms with E-state index in [1.807, 2.05) is 30.3 Å². The van der Waals surface area contributed by atoms with Gasteiger partial charge in [-0.2, -0.15) is 0 Å². The van der Waals surface area contributed by atoms with Gasteiger partial charge in [-0.15, -0.1) is 0 Å². The summed E-state index contributed by atoms with van der Waals surface area (Å²) in [5.74, 6) is -0.352. The Morgan fingerprint density at radius 2 is 1.78 bits per heavy atom. The summed E-state index contributed by atoms with van der Waals surface area (Å²) in [4.78, 5) is 11.8. The number of carbonyl (C=O) groups is 1. The normalized spacial score (nSPS) is 10.3. The van der Waals surface area contributed by atoms with E-state index in [9.17, 15) is 9.18 Å². The molecule has 0 bridgehead atoms. The van der Waals surface area contributed by atoms with Crippen molar-refractivity contribution in [2.75, 3.05) is 0 Å². The zero-order valence-electron chi connectivity index (χ0n) is 10.1. The maximum absolute atomic E-state index is 13.0. The first-order chi connectivity index (χ1) is 8.75. The molecule has 0 heterocycles. The van der Waals surface area contributed by atoms with E-state index in [2.05, 4.69) is 0 Å². The predicted molar refractivity (Wildman–Crippen MR) is 70.1 cm³/mol. The number of rotatable bonds is 5. The first-order valence-electron chi connectivity index (χ1n) is 6.08. The van der Waals surface area contributed by atoms with Crippen molar-refractivity contribution in [2.24, 2.45) is 0 Å². The third kappa shape index (κ3) is 3.52. The highest BCUT2D eigenvalue weighted by Crippen LogP contribution is 2.10. The molecule has 2 rings (SSSR count). The molecule has 0 aliphatic rings. The first kappa shape index (κ1) is 12.5. The monoisotopic (exact) mass is 242 g/mol. The van der Waals surface area contributed by atoms with E-state index in [0.717, 1.165) is 12.8 Å². The Balaban J connectivity index is 1.86. The summed E-state index contributed by atoms with van der Waals surface area (Å²) < 4.78 is 13.0. The lowest BCUT2D eigenvalue weighted by atomic mass is 10.0. The van der Waals surface area contributed by atoms with E-state index in [4.69, 9.17) is 0 Å². The molecule has 0 radical (unpaired) electrons. The van der Waals surface area contributed by atoms with Gasteiger partial charge in [-0.1, -0.05) is 42.5 Å². The summed E-state index contributed by atoms with van der Waals surface area (Å²) in [6, 6.07) is 15.9. The second-order valence-corrected chi connectivity index (χ2v) is 4.27. The lowest BCUT2D eigenvalue weighted by Crippen LogP contribution is -2.00. The summed E-state index contributed by atoms with van der Waals surface area (Å²) in [5, 5.41) is 0. The molecule has 0 aliphatic heterocycles. The SMILES string of the molecule is O=C(CCCc1ccccc1)c1cccc(F)c1. The second kappa shape index (κ2) is 6.10. The van der Waals surface area contributed by atoms with Crippen LogP contribution in [-0.4, -0.2) is 5.78 Å². The highest BCUT2D eigenvalue weighted by Gasteiger charge is 2.06. The third-order valence-corrected chi connectivity index (χ3v) is 2.86. The molecule has 2 aromatic carbocycles. The van der Waals surface area contributed by atoms with Crippen LogP contribution < -0.4 is 0 Å². The van der Waals surface area contributed by atoms with Gasteiger partial charge >= 0.3 is 0 Å². The number of benzene rings is 2. The van der Waals surface area contributed by atoms with Gasteiger partial charge in [0, 0.05) is 12.0 Å². The Labute approximate surface area is 106 Å². The first-order valence-corrected chi connectivity index (χ1v) is 6.08. The van der Waals surface area contributed by atoms with Crippen LogP contribution in [0.2, 0.25) is 0 Å². The minimum Gasteiger partial charge on any atom is -0.294 e. The zero-order valence-corrected chi connectivity index (χ0v) is 10.1. The molecule has 0 atom stereocenters. The number of hydrogen-bond acceptors (Lipinski definition) is 1. The van der Waals surface area contributed by atoms with Crippen LogP contribution in [-0.2, 0) is 6.42 Å². The van der Waals surface area contributed by atoms with Crippen molar-refractivity contribution in [3.8, 4) is 0 Å². The molecule has 0 spiro atoms. The molecule has 18 heavy (non-hydrogen) atoms. The van der Waals surface area contributed by atoms with E-state index >= 15 is 0 Å². The fourth-order valence-corrected chi connectivity index (χ4v) is 1.90.